The van der Waals surface area contributed by atoms with E-state index in [0.717, 1.165) is 17.5 Å². The topological polar surface area (TPSA) is 49.4 Å². The molecule has 2 atom stereocenters. The van der Waals surface area contributed by atoms with Gasteiger partial charge in [0.05, 0.1) is 5.75 Å². The molecule has 0 aliphatic rings. The first-order chi connectivity index (χ1) is 13.9. The molecule has 0 unspecified atom stereocenters. The molecule has 0 heterocycles. The van der Waals surface area contributed by atoms with Gasteiger partial charge in [-0.1, -0.05) is 61.0 Å². The van der Waals surface area contributed by atoms with Crippen LogP contribution in [-0.4, -0.2) is 34.6 Å². The first-order valence-electron chi connectivity index (χ1n) is 9.86. The van der Waals surface area contributed by atoms with Crippen LogP contribution in [0, 0.1) is 0 Å². The molecule has 156 valence electrons. The zero-order chi connectivity index (χ0) is 21.2. The number of hydrogen-bond donors (Lipinski definition) is 1. The molecule has 29 heavy (non-hydrogen) atoms. The lowest BCUT2D eigenvalue weighted by Crippen LogP contribution is -2.50. The van der Waals surface area contributed by atoms with Crippen LogP contribution in [0.2, 0.25) is 5.02 Å². The van der Waals surface area contributed by atoms with Crippen molar-refractivity contribution >= 4 is 35.2 Å². The summed E-state index contributed by atoms with van der Waals surface area (Å²) in [6.45, 7) is 6.19. The molecular formula is C23H29ClN2O2S. The summed E-state index contributed by atoms with van der Waals surface area (Å²) in [6, 6.07) is 16.9. The van der Waals surface area contributed by atoms with Crippen LogP contribution in [0.3, 0.4) is 0 Å². The lowest BCUT2D eigenvalue weighted by molar-refractivity contribution is -0.138. The Morgan fingerprint density at radius 3 is 2.41 bits per heavy atom. The van der Waals surface area contributed by atoms with Crippen molar-refractivity contribution < 1.29 is 9.59 Å². The fourth-order valence-corrected chi connectivity index (χ4v) is 3.86. The van der Waals surface area contributed by atoms with E-state index in [1.807, 2.05) is 68.4 Å². The normalized spacial score (nSPS) is 12.8. The summed E-state index contributed by atoms with van der Waals surface area (Å²) >= 11 is 7.56. The Kier molecular flexibility index (Phi) is 9.55. The second kappa shape index (κ2) is 11.9. The van der Waals surface area contributed by atoms with E-state index in [1.54, 1.807) is 11.8 Å². The zero-order valence-electron chi connectivity index (χ0n) is 17.2. The minimum atomic E-state index is -0.538. The summed E-state index contributed by atoms with van der Waals surface area (Å²) in [7, 11) is 0. The predicted octanol–water partition coefficient (Wildman–Crippen LogP) is 4.91. The summed E-state index contributed by atoms with van der Waals surface area (Å²) in [5.41, 5.74) is 2.08. The molecule has 6 heteroatoms. The molecule has 2 aromatic carbocycles. The van der Waals surface area contributed by atoms with Crippen molar-refractivity contribution in [3.63, 3.8) is 0 Å². The molecule has 0 aliphatic heterocycles. The number of nitrogens with zero attached hydrogens (tertiary/aromatic N) is 1. The highest BCUT2D eigenvalue weighted by molar-refractivity contribution is 7.99. The molecule has 0 saturated heterocycles. The molecule has 0 aliphatic carbocycles. The molecule has 2 amide bonds. The predicted molar refractivity (Wildman–Crippen MR) is 122 cm³/mol. The van der Waals surface area contributed by atoms with Gasteiger partial charge in [-0.3, -0.25) is 9.59 Å². The van der Waals surface area contributed by atoms with Crippen LogP contribution in [0.25, 0.3) is 0 Å². The molecule has 0 bridgehead atoms. The number of carbonyl (C=O) groups excluding carboxylic acids is 2. The third-order valence-corrected chi connectivity index (χ3v) is 5.97. The van der Waals surface area contributed by atoms with Crippen LogP contribution >= 0.6 is 23.4 Å². The Morgan fingerprint density at radius 1 is 1.07 bits per heavy atom. The van der Waals surface area contributed by atoms with Crippen molar-refractivity contribution in [1.29, 1.82) is 0 Å². The molecule has 0 aromatic heterocycles. The van der Waals surface area contributed by atoms with Gasteiger partial charge >= 0.3 is 0 Å². The third-order valence-electron chi connectivity index (χ3n) is 4.75. The fraction of sp³-hybridized carbons (Fsp3) is 0.391. The van der Waals surface area contributed by atoms with Crippen molar-refractivity contribution in [2.45, 2.75) is 51.6 Å². The molecule has 2 aromatic rings. The van der Waals surface area contributed by atoms with Gasteiger partial charge in [0.25, 0.3) is 0 Å². The van der Waals surface area contributed by atoms with Crippen molar-refractivity contribution in [3.05, 3.63) is 70.7 Å². The molecule has 0 spiro atoms. The van der Waals surface area contributed by atoms with E-state index < -0.39 is 6.04 Å². The average molecular weight is 433 g/mol. The van der Waals surface area contributed by atoms with E-state index in [2.05, 4.69) is 5.32 Å². The van der Waals surface area contributed by atoms with E-state index in [0.29, 0.717) is 23.1 Å². The number of carbonyl (C=O) groups is 2. The molecule has 0 radical (unpaired) electrons. The average Bonchev–Trinajstić information content (AvgIpc) is 2.72. The van der Waals surface area contributed by atoms with E-state index in [-0.39, 0.29) is 17.9 Å². The van der Waals surface area contributed by atoms with Gasteiger partial charge in [-0.25, -0.2) is 0 Å². The fourth-order valence-electron chi connectivity index (χ4n) is 2.79. The zero-order valence-corrected chi connectivity index (χ0v) is 18.8. The number of benzene rings is 2. The Balaban J connectivity index is 2.04. The maximum atomic E-state index is 13.0. The Labute approximate surface area is 183 Å². The van der Waals surface area contributed by atoms with Gasteiger partial charge in [0.2, 0.25) is 11.8 Å². The number of thioether (sulfide) groups is 1. The van der Waals surface area contributed by atoms with Gasteiger partial charge in [0, 0.05) is 23.4 Å². The summed E-state index contributed by atoms with van der Waals surface area (Å²) in [5, 5.41) is 3.67. The first kappa shape index (κ1) is 23.3. The molecule has 2 rings (SSSR count). The van der Waals surface area contributed by atoms with Crippen LogP contribution in [0.15, 0.2) is 54.6 Å². The smallest absolute Gasteiger partial charge is 0.242 e. The van der Waals surface area contributed by atoms with E-state index >= 15 is 0 Å². The van der Waals surface area contributed by atoms with Crippen LogP contribution in [0.1, 0.15) is 38.3 Å². The van der Waals surface area contributed by atoms with Gasteiger partial charge in [-0.05, 0) is 43.5 Å². The quantitative estimate of drug-likeness (QED) is 0.580. The number of rotatable bonds is 10. The van der Waals surface area contributed by atoms with Gasteiger partial charge in [0.15, 0.2) is 0 Å². The Bertz CT molecular complexity index is 800. The maximum Gasteiger partial charge on any atom is 0.242 e. The highest BCUT2D eigenvalue weighted by Gasteiger charge is 2.26. The van der Waals surface area contributed by atoms with Crippen molar-refractivity contribution in [3.8, 4) is 0 Å². The number of hydrogen-bond acceptors (Lipinski definition) is 3. The molecular weight excluding hydrogens is 404 g/mol. The molecule has 0 fully saturated rings. The SMILES string of the molecule is CC[C@H](C)NC(=O)[C@H](C)N(Cc1ccccc1)C(=O)CSCc1cccc(Cl)c1. The second-order valence-corrected chi connectivity index (χ2v) is 8.55. The van der Waals surface area contributed by atoms with E-state index in [4.69, 9.17) is 11.6 Å². The summed E-state index contributed by atoms with van der Waals surface area (Å²) in [6.07, 6.45) is 0.848. The lowest BCUT2D eigenvalue weighted by Gasteiger charge is -2.29. The summed E-state index contributed by atoms with van der Waals surface area (Å²) in [4.78, 5) is 27.3. The van der Waals surface area contributed by atoms with Crippen molar-refractivity contribution in [2.24, 2.45) is 0 Å². The minimum Gasteiger partial charge on any atom is -0.352 e. The monoisotopic (exact) mass is 432 g/mol. The van der Waals surface area contributed by atoms with Crippen molar-refractivity contribution in [1.82, 2.24) is 10.2 Å². The van der Waals surface area contributed by atoms with Gasteiger partial charge < -0.3 is 10.2 Å². The van der Waals surface area contributed by atoms with Crippen molar-refractivity contribution in [2.75, 3.05) is 5.75 Å². The Hall–Kier alpha value is -1.98. The number of nitrogens with one attached hydrogen (secondary N) is 1. The van der Waals surface area contributed by atoms with E-state index in [1.165, 1.54) is 11.8 Å². The van der Waals surface area contributed by atoms with Crippen LogP contribution < -0.4 is 5.32 Å². The van der Waals surface area contributed by atoms with Gasteiger partial charge in [0.1, 0.15) is 6.04 Å². The summed E-state index contributed by atoms with van der Waals surface area (Å²) in [5.74, 6) is 0.829. The largest absolute Gasteiger partial charge is 0.352 e. The summed E-state index contributed by atoms with van der Waals surface area (Å²) < 4.78 is 0. The highest BCUT2D eigenvalue weighted by Crippen LogP contribution is 2.18. The number of amides is 2. The minimum absolute atomic E-state index is 0.0484. The number of halogens is 1. The second-order valence-electron chi connectivity index (χ2n) is 7.12. The van der Waals surface area contributed by atoms with Crippen LogP contribution in [0.5, 0.6) is 0 Å². The van der Waals surface area contributed by atoms with Gasteiger partial charge in [-0.2, -0.15) is 0 Å². The van der Waals surface area contributed by atoms with Crippen LogP contribution in [-0.2, 0) is 21.9 Å². The highest BCUT2D eigenvalue weighted by atomic mass is 35.5. The lowest BCUT2D eigenvalue weighted by atomic mass is 10.1. The Morgan fingerprint density at radius 2 is 1.76 bits per heavy atom. The first-order valence-corrected chi connectivity index (χ1v) is 11.4. The van der Waals surface area contributed by atoms with Crippen LogP contribution in [0.4, 0.5) is 0 Å². The molecule has 4 nitrogen and oxygen atoms in total. The van der Waals surface area contributed by atoms with E-state index in [9.17, 15) is 9.59 Å². The molecule has 0 saturated carbocycles. The molecule has 1 N–H and O–H groups in total. The standard InChI is InChI=1S/C23H29ClN2O2S/c1-4-17(2)25-23(28)18(3)26(14-19-9-6-5-7-10-19)22(27)16-29-15-20-11-8-12-21(24)13-20/h5-13,17-18H,4,14-16H2,1-3H3,(H,25,28)/t17-,18-/m0/s1. The third kappa shape index (κ3) is 7.75. The maximum absolute atomic E-state index is 13.0. The van der Waals surface area contributed by atoms with Gasteiger partial charge in [-0.15, -0.1) is 11.8 Å².